The predicted octanol–water partition coefficient (Wildman–Crippen LogP) is 3.22. The van der Waals surface area contributed by atoms with Gasteiger partial charge >= 0.3 is 0 Å². The third-order valence-corrected chi connectivity index (χ3v) is 5.41. The van der Waals surface area contributed by atoms with Gasteiger partial charge in [-0.15, -0.1) is 10.2 Å². The third kappa shape index (κ3) is 4.01. The van der Waals surface area contributed by atoms with Gasteiger partial charge in [-0.1, -0.05) is 31.6 Å². The summed E-state index contributed by atoms with van der Waals surface area (Å²) in [5.41, 5.74) is 3.18. The van der Waals surface area contributed by atoms with E-state index in [1.165, 1.54) is 6.26 Å². The first-order valence-corrected chi connectivity index (χ1v) is 10.6. The number of benzene rings is 1. The highest BCUT2D eigenvalue weighted by atomic mass is 32.2. The van der Waals surface area contributed by atoms with Crippen molar-refractivity contribution in [2.45, 2.75) is 37.5 Å². The fourth-order valence-electron chi connectivity index (χ4n) is 3.00. The number of unbranched alkanes of at least 4 members (excludes halogenated alkanes) is 1. The van der Waals surface area contributed by atoms with E-state index in [4.69, 9.17) is 0 Å². The number of aromatic amines is 1. The summed E-state index contributed by atoms with van der Waals surface area (Å²) in [4.78, 5) is 0.292. The summed E-state index contributed by atoms with van der Waals surface area (Å²) in [6.45, 7) is 2.89. The van der Waals surface area contributed by atoms with Crippen molar-refractivity contribution in [1.29, 1.82) is 0 Å². The Labute approximate surface area is 153 Å². The second-order valence-corrected chi connectivity index (χ2v) is 8.33. The minimum absolute atomic E-state index is 0.292. The number of allylic oxidation sites excluding steroid dienone is 4. The number of nitrogens with zero attached hydrogens (tertiary/aromatic N) is 3. The molecule has 3 rings (SSSR count). The maximum absolute atomic E-state index is 12.6. The maximum Gasteiger partial charge on any atom is 0.204 e. The maximum atomic E-state index is 12.6. The van der Waals surface area contributed by atoms with E-state index in [0.717, 1.165) is 49.1 Å². The Balaban J connectivity index is 2.21. The zero-order valence-corrected chi connectivity index (χ0v) is 15.8. The highest BCUT2D eigenvalue weighted by molar-refractivity contribution is 7.90. The third-order valence-electron chi connectivity index (χ3n) is 4.29. The van der Waals surface area contributed by atoms with E-state index >= 15 is 0 Å². The Morgan fingerprint density at radius 1 is 1.31 bits per heavy atom. The molecule has 1 aliphatic rings. The van der Waals surface area contributed by atoms with Crippen molar-refractivity contribution in [3.63, 3.8) is 0 Å². The molecule has 0 saturated carbocycles. The highest BCUT2D eigenvalue weighted by Crippen LogP contribution is 2.38. The molecule has 1 heterocycles. The average Bonchev–Trinajstić information content (AvgIpc) is 3.16. The van der Waals surface area contributed by atoms with Gasteiger partial charge in [0.25, 0.3) is 0 Å². The molecule has 2 N–H and O–H groups in total. The van der Waals surface area contributed by atoms with E-state index in [0.29, 0.717) is 16.3 Å². The van der Waals surface area contributed by atoms with Gasteiger partial charge < -0.3 is 5.32 Å². The molecule has 0 radical (unpaired) electrons. The molecule has 138 valence electrons. The molecule has 1 aliphatic carbocycles. The van der Waals surface area contributed by atoms with E-state index in [-0.39, 0.29) is 0 Å². The van der Waals surface area contributed by atoms with Gasteiger partial charge in [-0.2, -0.15) is 5.21 Å². The number of aromatic nitrogens is 4. The minimum atomic E-state index is -3.44. The van der Waals surface area contributed by atoms with Crippen LogP contribution in [0.15, 0.2) is 35.3 Å². The molecule has 0 amide bonds. The Kier molecular flexibility index (Phi) is 5.51. The van der Waals surface area contributed by atoms with Crippen LogP contribution < -0.4 is 5.32 Å². The number of anilines is 1. The number of tetrazole rings is 1. The molecule has 2 aromatic rings. The van der Waals surface area contributed by atoms with E-state index in [2.05, 4.69) is 38.9 Å². The molecule has 8 heteroatoms. The topological polar surface area (TPSA) is 101 Å². The van der Waals surface area contributed by atoms with Gasteiger partial charge in [0, 0.05) is 29.6 Å². The summed E-state index contributed by atoms with van der Waals surface area (Å²) in [5.74, 6) is 0.373. The van der Waals surface area contributed by atoms with Crippen molar-refractivity contribution in [2.75, 3.05) is 18.1 Å². The van der Waals surface area contributed by atoms with Crippen molar-refractivity contribution < 1.29 is 8.42 Å². The van der Waals surface area contributed by atoms with Gasteiger partial charge in [0.2, 0.25) is 5.82 Å². The first-order chi connectivity index (χ1) is 12.5. The smallest absolute Gasteiger partial charge is 0.204 e. The number of nitrogens with one attached hydrogen (secondary N) is 2. The second kappa shape index (κ2) is 7.82. The molecule has 0 unspecified atom stereocenters. The van der Waals surface area contributed by atoms with Crippen molar-refractivity contribution in [2.24, 2.45) is 0 Å². The van der Waals surface area contributed by atoms with Crippen LogP contribution in [0.1, 0.15) is 38.2 Å². The molecule has 7 nitrogen and oxygen atoms in total. The number of hydrogen-bond donors (Lipinski definition) is 2. The van der Waals surface area contributed by atoms with Gasteiger partial charge in [-0.25, -0.2) is 8.42 Å². The Hall–Kier alpha value is -2.48. The van der Waals surface area contributed by atoms with E-state index in [1.807, 2.05) is 18.2 Å². The fourth-order valence-corrected chi connectivity index (χ4v) is 3.96. The van der Waals surface area contributed by atoms with Crippen molar-refractivity contribution in [1.82, 2.24) is 20.6 Å². The largest absolute Gasteiger partial charge is 0.384 e. The van der Waals surface area contributed by atoms with Gasteiger partial charge in [0.15, 0.2) is 9.84 Å². The number of rotatable bonds is 7. The number of sulfone groups is 1. The van der Waals surface area contributed by atoms with Gasteiger partial charge in [-0.3, -0.25) is 0 Å². The standard InChI is InChI=1S/C18H23N5O2S/c1-3-4-10-19-15-11-14(18-20-22-23-21-18)12-16(26(2,24)25)17(15)13-8-6-5-7-9-13/h5-6,8,11-12,19H,3-4,7,9-10H2,1-2H3,(H,20,21,22,23). The number of H-pyrrole nitrogens is 1. The highest BCUT2D eigenvalue weighted by Gasteiger charge is 2.23. The van der Waals surface area contributed by atoms with Crippen LogP contribution in [0.3, 0.4) is 0 Å². The molecular formula is C18H23N5O2S. The molecule has 26 heavy (non-hydrogen) atoms. The van der Waals surface area contributed by atoms with Crippen molar-refractivity contribution >= 4 is 21.1 Å². The second-order valence-electron chi connectivity index (χ2n) is 6.34. The Morgan fingerprint density at radius 3 is 2.77 bits per heavy atom. The first-order valence-electron chi connectivity index (χ1n) is 8.72. The predicted molar refractivity (Wildman–Crippen MR) is 102 cm³/mol. The van der Waals surface area contributed by atoms with Crippen LogP contribution in [0, 0.1) is 0 Å². The summed E-state index contributed by atoms with van der Waals surface area (Å²) in [6.07, 6.45) is 11.1. The minimum Gasteiger partial charge on any atom is -0.384 e. The summed E-state index contributed by atoms with van der Waals surface area (Å²) >= 11 is 0. The summed E-state index contributed by atoms with van der Waals surface area (Å²) < 4.78 is 25.1. The SMILES string of the molecule is CCCCNc1cc(-c2nn[nH]n2)cc(S(C)(=O)=O)c1C1=CC=CCC1. The number of hydrogen-bond acceptors (Lipinski definition) is 6. The zero-order chi connectivity index (χ0) is 18.6. The summed E-state index contributed by atoms with van der Waals surface area (Å²) in [6, 6.07) is 3.55. The molecule has 0 bridgehead atoms. The molecule has 0 aliphatic heterocycles. The van der Waals surface area contributed by atoms with Crippen LogP contribution in [0.2, 0.25) is 0 Å². The van der Waals surface area contributed by atoms with Crippen LogP contribution in [0.25, 0.3) is 17.0 Å². The average molecular weight is 373 g/mol. The van der Waals surface area contributed by atoms with Gasteiger partial charge in [0.05, 0.1) is 4.90 Å². The first kappa shape index (κ1) is 18.3. The lowest BCUT2D eigenvalue weighted by Gasteiger charge is -2.20. The lowest BCUT2D eigenvalue weighted by atomic mass is 9.94. The van der Waals surface area contributed by atoms with Crippen LogP contribution >= 0.6 is 0 Å². The zero-order valence-electron chi connectivity index (χ0n) is 15.0. The molecule has 0 atom stereocenters. The van der Waals surface area contributed by atoms with Crippen LogP contribution in [-0.4, -0.2) is 41.8 Å². The monoisotopic (exact) mass is 373 g/mol. The van der Waals surface area contributed by atoms with Gasteiger partial charge in [-0.05, 0) is 42.2 Å². The Morgan fingerprint density at radius 2 is 2.15 bits per heavy atom. The molecule has 0 saturated heterocycles. The van der Waals surface area contributed by atoms with Crippen molar-refractivity contribution in [3.05, 3.63) is 35.9 Å². The molecule has 0 fully saturated rings. The van der Waals surface area contributed by atoms with Gasteiger partial charge in [0.1, 0.15) is 0 Å². The lowest BCUT2D eigenvalue weighted by molar-refractivity contribution is 0.601. The van der Waals surface area contributed by atoms with E-state index in [9.17, 15) is 8.42 Å². The molecular weight excluding hydrogens is 350 g/mol. The fraction of sp³-hybridized carbons (Fsp3) is 0.389. The molecule has 1 aromatic carbocycles. The van der Waals surface area contributed by atoms with Crippen LogP contribution in [0.5, 0.6) is 0 Å². The van der Waals surface area contributed by atoms with Crippen LogP contribution in [0.4, 0.5) is 5.69 Å². The molecule has 0 spiro atoms. The lowest BCUT2D eigenvalue weighted by Crippen LogP contribution is -2.10. The quantitative estimate of drug-likeness (QED) is 0.723. The van der Waals surface area contributed by atoms with Crippen LogP contribution in [-0.2, 0) is 9.84 Å². The van der Waals surface area contributed by atoms with E-state index in [1.54, 1.807) is 6.07 Å². The summed E-state index contributed by atoms with van der Waals surface area (Å²) in [7, 11) is -3.44. The summed E-state index contributed by atoms with van der Waals surface area (Å²) in [5, 5.41) is 17.4. The van der Waals surface area contributed by atoms with Crippen molar-refractivity contribution in [3.8, 4) is 11.4 Å². The Bertz CT molecular complexity index is 931. The normalized spacial score (nSPS) is 14.3. The van der Waals surface area contributed by atoms with E-state index < -0.39 is 9.84 Å². The molecule has 1 aromatic heterocycles.